The van der Waals surface area contributed by atoms with E-state index in [0.29, 0.717) is 5.78 Å². The molecular weight excluding hydrogens is 234 g/mol. The molecular formula is C17H25NO. The highest BCUT2D eigenvalue weighted by Crippen LogP contribution is 2.35. The zero-order chi connectivity index (χ0) is 13.7. The van der Waals surface area contributed by atoms with Gasteiger partial charge in [0.05, 0.1) is 0 Å². The number of aryl methyl sites for hydroxylation is 1. The minimum atomic E-state index is -0.166. The van der Waals surface area contributed by atoms with Crippen LogP contribution in [-0.2, 0) is 6.42 Å². The molecule has 0 spiro atoms. The van der Waals surface area contributed by atoms with Gasteiger partial charge >= 0.3 is 0 Å². The molecule has 1 N–H and O–H groups in total. The van der Waals surface area contributed by atoms with Crippen LogP contribution in [-0.4, -0.2) is 18.9 Å². The molecule has 2 nitrogen and oxygen atoms in total. The summed E-state index contributed by atoms with van der Waals surface area (Å²) in [5.41, 5.74) is 2.01. The average molecular weight is 259 g/mol. The van der Waals surface area contributed by atoms with Crippen molar-refractivity contribution in [2.75, 3.05) is 13.1 Å². The highest BCUT2D eigenvalue weighted by atomic mass is 16.1. The van der Waals surface area contributed by atoms with Crippen LogP contribution in [0.1, 0.15) is 55.5 Å². The van der Waals surface area contributed by atoms with Crippen LogP contribution in [0.4, 0.5) is 0 Å². The lowest BCUT2D eigenvalue weighted by Gasteiger charge is -2.36. The van der Waals surface area contributed by atoms with Crippen LogP contribution >= 0.6 is 0 Å². The molecule has 0 radical (unpaired) electrons. The SMILES string of the molecule is CCCC1(C(=O)c2ccc(CC)cc2)CCCNC1. The molecule has 1 aliphatic heterocycles. The molecule has 0 aliphatic carbocycles. The van der Waals surface area contributed by atoms with Crippen molar-refractivity contribution in [2.24, 2.45) is 5.41 Å². The van der Waals surface area contributed by atoms with Crippen LogP contribution in [0.25, 0.3) is 0 Å². The molecule has 1 atom stereocenters. The van der Waals surface area contributed by atoms with E-state index in [1.54, 1.807) is 0 Å². The van der Waals surface area contributed by atoms with Gasteiger partial charge in [0.25, 0.3) is 0 Å². The average Bonchev–Trinajstić information content (AvgIpc) is 2.48. The van der Waals surface area contributed by atoms with Crippen molar-refractivity contribution >= 4 is 5.78 Å². The Balaban J connectivity index is 2.22. The first kappa shape index (κ1) is 14.3. The van der Waals surface area contributed by atoms with E-state index >= 15 is 0 Å². The lowest BCUT2D eigenvalue weighted by Crippen LogP contribution is -2.45. The zero-order valence-electron chi connectivity index (χ0n) is 12.2. The van der Waals surface area contributed by atoms with Gasteiger partial charge in [0.2, 0.25) is 0 Å². The van der Waals surface area contributed by atoms with E-state index in [9.17, 15) is 4.79 Å². The van der Waals surface area contributed by atoms with Gasteiger partial charge in [0.1, 0.15) is 0 Å². The summed E-state index contributed by atoms with van der Waals surface area (Å²) in [7, 11) is 0. The van der Waals surface area contributed by atoms with Gasteiger partial charge in [-0.2, -0.15) is 0 Å². The third-order valence-electron chi connectivity index (χ3n) is 4.31. The molecule has 1 saturated heterocycles. The Labute approximate surface area is 116 Å². The molecule has 1 fully saturated rings. The van der Waals surface area contributed by atoms with Crippen LogP contribution in [0.2, 0.25) is 0 Å². The summed E-state index contributed by atoms with van der Waals surface area (Å²) >= 11 is 0. The summed E-state index contributed by atoms with van der Waals surface area (Å²) in [6.45, 7) is 6.20. The van der Waals surface area contributed by atoms with Gasteiger partial charge in [0, 0.05) is 17.5 Å². The van der Waals surface area contributed by atoms with E-state index in [1.807, 2.05) is 12.1 Å². The maximum Gasteiger partial charge on any atom is 0.170 e. The van der Waals surface area contributed by atoms with Gasteiger partial charge in [0.15, 0.2) is 5.78 Å². The summed E-state index contributed by atoms with van der Waals surface area (Å²) in [6, 6.07) is 8.19. The van der Waals surface area contributed by atoms with Crippen LogP contribution < -0.4 is 5.32 Å². The van der Waals surface area contributed by atoms with Crippen molar-refractivity contribution in [3.8, 4) is 0 Å². The van der Waals surface area contributed by atoms with Crippen LogP contribution in [0.15, 0.2) is 24.3 Å². The van der Waals surface area contributed by atoms with E-state index in [2.05, 4.69) is 31.3 Å². The van der Waals surface area contributed by atoms with Crippen molar-refractivity contribution < 1.29 is 4.79 Å². The van der Waals surface area contributed by atoms with E-state index in [4.69, 9.17) is 0 Å². The largest absolute Gasteiger partial charge is 0.316 e. The highest BCUT2D eigenvalue weighted by Gasteiger charge is 2.38. The number of benzene rings is 1. The first-order chi connectivity index (χ1) is 9.22. The third kappa shape index (κ3) is 3.06. The molecule has 2 heteroatoms. The number of hydrogen-bond donors (Lipinski definition) is 1. The van der Waals surface area contributed by atoms with Gasteiger partial charge in [-0.15, -0.1) is 0 Å². The van der Waals surface area contributed by atoms with Crippen LogP contribution in [0.5, 0.6) is 0 Å². The monoisotopic (exact) mass is 259 g/mol. The number of ketones is 1. The molecule has 1 aliphatic rings. The third-order valence-corrected chi connectivity index (χ3v) is 4.31. The smallest absolute Gasteiger partial charge is 0.170 e. The minimum Gasteiger partial charge on any atom is -0.316 e. The number of carbonyl (C=O) groups is 1. The van der Waals surface area contributed by atoms with Crippen molar-refractivity contribution in [1.29, 1.82) is 0 Å². The number of hydrogen-bond acceptors (Lipinski definition) is 2. The van der Waals surface area contributed by atoms with E-state index in [0.717, 1.165) is 50.8 Å². The summed E-state index contributed by atoms with van der Waals surface area (Å²) in [4.78, 5) is 12.9. The predicted octanol–water partition coefficient (Wildman–Crippen LogP) is 3.60. The Morgan fingerprint density at radius 2 is 2.00 bits per heavy atom. The molecule has 0 saturated carbocycles. The van der Waals surface area contributed by atoms with Crippen LogP contribution in [0, 0.1) is 5.41 Å². The van der Waals surface area contributed by atoms with Gasteiger partial charge in [-0.1, -0.05) is 44.5 Å². The molecule has 1 heterocycles. The Bertz CT molecular complexity index is 410. The van der Waals surface area contributed by atoms with Crippen molar-refractivity contribution in [2.45, 2.75) is 46.0 Å². The Kier molecular flexibility index (Phi) is 4.76. The van der Waals surface area contributed by atoms with Gasteiger partial charge in [-0.3, -0.25) is 4.79 Å². The predicted molar refractivity (Wildman–Crippen MR) is 79.6 cm³/mol. The first-order valence-electron chi connectivity index (χ1n) is 7.56. The summed E-state index contributed by atoms with van der Waals surface area (Å²) in [5, 5.41) is 3.41. The number of rotatable bonds is 5. The molecule has 0 amide bonds. The molecule has 0 bridgehead atoms. The Morgan fingerprint density at radius 1 is 1.26 bits per heavy atom. The second-order valence-corrected chi connectivity index (χ2v) is 5.69. The highest BCUT2D eigenvalue weighted by molar-refractivity contribution is 6.00. The van der Waals surface area contributed by atoms with Gasteiger partial charge in [-0.25, -0.2) is 0 Å². The quantitative estimate of drug-likeness (QED) is 0.819. The number of Topliss-reactive ketones (excluding diaryl/α,β-unsaturated/α-hetero) is 1. The first-order valence-corrected chi connectivity index (χ1v) is 7.56. The van der Waals surface area contributed by atoms with E-state index < -0.39 is 0 Å². The normalized spacial score (nSPS) is 23.3. The number of piperidine rings is 1. The maximum absolute atomic E-state index is 12.9. The topological polar surface area (TPSA) is 29.1 Å². The molecule has 104 valence electrons. The second-order valence-electron chi connectivity index (χ2n) is 5.69. The lowest BCUT2D eigenvalue weighted by atomic mass is 9.71. The minimum absolute atomic E-state index is 0.166. The van der Waals surface area contributed by atoms with E-state index in [1.165, 1.54) is 5.56 Å². The lowest BCUT2D eigenvalue weighted by molar-refractivity contribution is 0.0718. The van der Waals surface area contributed by atoms with Crippen LogP contribution in [0.3, 0.4) is 0 Å². The van der Waals surface area contributed by atoms with Crippen molar-refractivity contribution in [3.05, 3.63) is 35.4 Å². The Morgan fingerprint density at radius 3 is 2.53 bits per heavy atom. The van der Waals surface area contributed by atoms with E-state index in [-0.39, 0.29) is 5.41 Å². The van der Waals surface area contributed by atoms with Crippen molar-refractivity contribution in [1.82, 2.24) is 5.32 Å². The fraction of sp³-hybridized carbons (Fsp3) is 0.588. The standard InChI is InChI=1S/C17H25NO/c1-3-10-17(11-5-12-18-13-17)16(19)15-8-6-14(4-2)7-9-15/h6-9,18H,3-5,10-13H2,1-2H3. The maximum atomic E-state index is 12.9. The molecule has 1 aromatic carbocycles. The molecule has 19 heavy (non-hydrogen) atoms. The summed E-state index contributed by atoms with van der Waals surface area (Å²) < 4.78 is 0. The molecule has 1 aromatic rings. The molecule has 2 rings (SSSR count). The van der Waals surface area contributed by atoms with Gasteiger partial charge in [-0.05, 0) is 37.8 Å². The zero-order valence-corrected chi connectivity index (χ0v) is 12.2. The van der Waals surface area contributed by atoms with Crippen molar-refractivity contribution in [3.63, 3.8) is 0 Å². The number of carbonyl (C=O) groups excluding carboxylic acids is 1. The number of nitrogens with one attached hydrogen (secondary N) is 1. The van der Waals surface area contributed by atoms with Gasteiger partial charge < -0.3 is 5.32 Å². The Hall–Kier alpha value is -1.15. The molecule has 1 unspecified atom stereocenters. The fourth-order valence-corrected chi connectivity index (χ4v) is 3.17. The summed E-state index contributed by atoms with van der Waals surface area (Å²) in [5.74, 6) is 0.337. The molecule has 0 aromatic heterocycles. The fourth-order valence-electron chi connectivity index (χ4n) is 3.17. The summed E-state index contributed by atoms with van der Waals surface area (Å²) in [6.07, 6.45) is 5.23. The second kappa shape index (κ2) is 6.33.